The number of benzene rings is 8. The van der Waals surface area contributed by atoms with Crippen molar-refractivity contribution in [3.05, 3.63) is 198 Å². The Labute approximate surface area is 441 Å². The average molecular weight is 1130 g/mol. The molecule has 0 atom stereocenters. The summed E-state index contributed by atoms with van der Waals surface area (Å²) in [4.78, 5) is 11.3. The van der Waals surface area contributed by atoms with Gasteiger partial charge in [0.05, 0.1) is 22.4 Å². The summed E-state index contributed by atoms with van der Waals surface area (Å²) >= 11 is 1.89. The normalized spacial score (nSPS) is 12.2. The number of pyridine rings is 1. The van der Waals surface area contributed by atoms with E-state index in [-0.39, 0.29) is 42.8 Å². The van der Waals surface area contributed by atoms with E-state index in [0.717, 1.165) is 55.6 Å². The summed E-state index contributed by atoms with van der Waals surface area (Å²) in [6.07, 6.45) is 1.87. The summed E-state index contributed by atoms with van der Waals surface area (Å²) in [6, 6.07) is 63.2. The van der Waals surface area contributed by atoms with Gasteiger partial charge in [0.15, 0.2) is 0 Å². The Balaban J connectivity index is 0.000000300. The third-order valence-corrected chi connectivity index (χ3v) is 15.5. The molecule has 0 N–H and O–H groups in total. The summed E-state index contributed by atoms with van der Waals surface area (Å²) in [5.74, 6) is 1.35. The van der Waals surface area contributed by atoms with E-state index >= 15 is 0 Å². The molecule has 0 aliphatic heterocycles. The van der Waals surface area contributed by atoms with Gasteiger partial charge in [-0.15, -0.1) is 65.4 Å². The molecule has 361 valence electrons. The first-order valence-electron chi connectivity index (χ1n) is 24.9. The molecule has 0 bridgehead atoms. The van der Waals surface area contributed by atoms with Crippen molar-refractivity contribution in [1.29, 1.82) is 0 Å². The first-order valence-corrected chi connectivity index (χ1v) is 25.8. The standard InChI is InChI=1S/C51H43N2OS.C15H16N.Ir/c1-29(2)38-25-34(31-14-9-8-10-15-31)26-39(30(3)4)47(38)53-48-42-28-46(51(5,6)7)55-45(42)23-22-43(48)52-50(53)37-19-13-18-36-41-24-33-21-20-32-16-11-12-17-35(32)40(33)27-44(41)54-49(36)37;1-15(2,3)13-9-10-16-14(11-13)12-7-5-4-6-8-12;/h8-18,20-30H,1-7H3;4-7,9-11H,1-3H3;/q2*-1;. The van der Waals surface area contributed by atoms with Crippen LogP contribution < -0.4 is 0 Å². The summed E-state index contributed by atoms with van der Waals surface area (Å²) in [7, 11) is 0. The van der Waals surface area contributed by atoms with E-state index in [1.54, 1.807) is 0 Å². The van der Waals surface area contributed by atoms with Gasteiger partial charge in [-0.25, -0.2) is 0 Å². The summed E-state index contributed by atoms with van der Waals surface area (Å²) in [6.45, 7) is 22.8. The second-order valence-electron chi connectivity index (χ2n) is 21.7. The van der Waals surface area contributed by atoms with Gasteiger partial charge in [-0.1, -0.05) is 153 Å². The molecule has 0 fully saturated rings. The van der Waals surface area contributed by atoms with Crippen LogP contribution in [0.15, 0.2) is 168 Å². The molecule has 0 spiro atoms. The fourth-order valence-corrected chi connectivity index (χ4v) is 11.2. The van der Waals surface area contributed by atoms with Crippen LogP contribution in [-0.4, -0.2) is 14.5 Å². The number of hydrogen-bond donors (Lipinski definition) is 0. The second kappa shape index (κ2) is 19.1. The van der Waals surface area contributed by atoms with Crippen molar-refractivity contribution in [2.45, 2.75) is 91.9 Å². The van der Waals surface area contributed by atoms with Crippen LogP contribution in [0.25, 0.3) is 104 Å². The number of thiophene rings is 1. The number of fused-ring (bicyclic) bond motifs is 9. The molecule has 12 aromatic rings. The molecular formula is C66H59IrN3OS-2. The molecule has 4 heterocycles. The van der Waals surface area contributed by atoms with Crippen molar-refractivity contribution < 1.29 is 24.5 Å². The van der Waals surface area contributed by atoms with Crippen molar-refractivity contribution in [2.75, 3.05) is 0 Å². The Morgan fingerprint density at radius 1 is 0.583 bits per heavy atom. The van der Waals surface area contributed by atoms with Gasteiger partial charge in [0, 0.05) is 52.3 Å². The number of imidazole rings is 1. The summed E-state index contributed by atoms with van der Waals surface area (Å²) in [5, 5.41) is 8.25. The molecule has 8 aromatic carbocycles. The maximum absolute atomic E-state index is 6.97. The van der Waals surface area contributed by atoms with Crippen LogP contribution in [0.1, 0.15) is 103 Å². The van der Waals surface area contributed by atoms with Crippen LogP contribution in [0.4, 0.5) is 0 Å². The number of rotatable bonds is 6. The number of hydrogen-bond acceptors (Lipinski definition) is 4. The maximum Gasteiger partial charge on any atom is 0.121 e. The van der Waals surface area contributed by atoms with Gasteiger partial charge in [0.25, 0.3) is 0 Å². The Bertz CT molecular complexity index is 3930. The van der Waals surface area contributed by atoms with Gasteiger partial charge in [-0.2, -0.15) is 0 Å². The minimum Gasteiger partial charge on any atom is -0.501 e. The molecule has 0 saturated carbocycles. The molecule has 0 unspecified atom stereocenters. The molecule has 72 heavy (non-hydrogen) atoms. The molecule has 12 rings (SSSR count). The largest absolute Gasteiger partial charge is 0.501 e. The van der Waals surface area contributed by atoms with E-state index in [4.69, 9.17) is 9.40 Å². The summed E-state index contributed by atoms with van der Waals surface area (Å²) < 4.78 is 10.7. The molecule has 4 nitrogen and oxygen atoms in total. The smallest absolute Gasteiger partial charge is 0.121 e. The molecule has 0 saturated heterocycles. The molecule has 0 aliphatic carbocycles. The maximum atomic E-state index is 6.97. The van der Waals surface area contributed by atoms with Crippen LogP contribution in [0.2, 0.25) is 0 Å². The van der Waals surface area contributed by atoms with Gasteiger partial charge in [-0.3, -0.25) is 4.98 Å². The van der Waals surface area contributed by atoms with Gasteiger partial charge in [0.2, 0.25) is 0 Å². The monoisotopic (exact) mass is 1130 g/mol. The van der Waals surface area contributed by atoms with E-state index in [2.05, 4.69) is 218 Å². The molecule has 6 heteroatoms. The van der Waals surface area contributed by atoms with Crippen LogP contribution in [0.3, 0.4) is 0 Å². The van der Waals surface area contributed by atoms with E-state index in [0.29, 0.717) is 0 Å². The van der Waals surface area contributed by atoms with Crippen molar-refractivity contribution in [3.8, 4) is 39.5 Å². The van der Waals surface area contributed by atoms with Gasteiger partial charge < -0.3 is 14.0 Å². The first kappa shape index (κ1) is 48.9. The number of nitrogens with zero attached hydrogens (tertiary/aromatic N) is 3. The minimum absolute atomic E-state index is 0. The summed E-state index contributed by atoms with van der Waals surface area (Å²) in [5.41, 5.74) is 14.4. The zero-order valence-electron chi connectivity index (χ0n) is 42.7. The third kappa shape index (κ3) is 8.89. The minimum atomic E-state index is 0. The van der Waals surface area contributed by atoms with E-state index < -0.39 is 0 Å². The van der Waals surface area contributed by atoms with Crippen LogP contribution in [0.5, 0.6) is 0 Å². The first-order chi connectivity index (χ1) is 34.1. The van der Waals surface area contributed by atoms with Gasteiger partial charge in [0.1, 0.15) is 5.58 Å². The Morgan fingerprint density at radius 3 is 2.01 bits per heavy atom. The molecule has 0 aliphatic rings. The van der Waals surface area contributed by atoms with Crippen LogP contribution >= 0.6 is 11.3 Å². The van der Waals surface area contributed by atoms with Crippen molar-refractivity contribution >= 4 is 75.9 Å². The van der Waals surface area contributed by atoms with Crippen LogP contribution in [0, 0.1) is 12.1 Å². The zero-order valence-corrected chi connectivity index (χ0v) is 45.9. The predicted octanol–water partition coefficient (Wildman–Crippen LogP) is 19.0. The SMILES string of the molecule is CC(C)(C)c1ccnc(-c2[c-]cccc2)c1.CC(C)c1cc(-c2ccccc2)cc(C(C)C)c1-n1c(-c2[c-]ccc3c2oc2cc4c(ccc5ccccc54)cc23)nc2ccc3sc(C(C)(C)C)cc3c21.[Ir]. The second-order valence-corrected chi connectivity index (χ2v) is 22.7. The number of furan rings is 1. The fourth-order valence-electron chi connectivity index (χ4n) is 10.1. The zero-order chi connectivity index (χ0) is 49.3. The van der Waals surface area contributed by atoms with Crippen molar-refractivity contribution in [2.24, 2.45) is 0 Å². The predicted molar refractivity (Wildman–Crippen MR) is 303 cm³/mol. The fraction of sp³-hybridized carbons (Fsp3) is 0.212. The number of aromatic nitrogens is 3. The third-order valence-electron chi connectivity index (χ3n) is 13.9. The van der Waals surface area contributed by atoms with E-state index in [1.807, 2.05) is 47.9 Å². The van der Waals surface area contributed by atoms with E-state index in [1.165, 1.54) is 70.0 Å². The Hall–Kier alpha value is -6.69. The quantitative estimate of drug-likeness (QED) is 0.123. The van der Waals surface area contributed by atoms with Crippen molar-refractivity contribution in [1.82, 2.24) is 14.5 Å². The topological polar surface area (TPSA) is 43.9 Å². The molecule has 4 aromatic heterocycles. The van der Waals surface area contributed by atoms with E-state index in [9.17, 15) is 0 Å². The van der Waals surface area contributed by atoms with Crippen LogP contribution in [-0.2, 0) is 30.9 Å². The van der Waals surface area contributed by atoms with Gasteiger partial charge >= 0.3 is 0 Å². The Kier molecular flexibility index (Phi) is 12.9. The average Bonchev–Trinajstić information content (AvgIpc) is 4.10. The van der Waals surface area contributed by atoms with Crippen molar-refractivity contribution in [3.63, 3.8) is 0 Å². The molecule has 1 radical (unpaired) electrons. The molecular weight excluding hydrogens is 1080 g/mol. The Morgan fingerprint density at radius 2 is 1.31 bits per heavy atom. The van der Waals surface area contributed by atoms with Gasteiger partial charge in [-0.05, 0) is 126 Å². The molecule has 0 amide bonds.